The molecule has 9 nitrogen and oxygen atoms in total. The van der Waals surface area contributed by atoms with Crippen molar-refractivity contribution in [3.05, 3.63) is 57.9 Å². The second-order valence-electron chi connectivity index (χ2n) is 7.72. The summed E-state index contributed by atoms with van der Waals surface area (Å²) in [5, 5.41) is 10.8. The van der Waals surface area contributed by atoms with Crippen LogP contribution in [0.25, 0.3) is 6.08 Å². The minimum Gasteiger partial charge on any atom is -0.465 e. The highest BCUT2D eigenvalue weighted by Gasteiger charge is 2.32. The number of aromatic amines is 1. The molecule has 0 saturated carbocycles. The number of carbonyl (C=O) groups is 1. The molecule has 1 amide bonds. The van der Waals surface area contributed by atoms with Crippen molar-refractivity contribution in [3.8, 4) is 5.75 Å². The van der Waals surface area contributed by atoms with E-state index in [2.05, 4.69) is 15.1 Å². The lowest BCUT2D eigenvalue weighted by Gasteiger charge is -2.27. The van der Waals surface area contributed by atoms with E-state index in [1.54, 1.807) is 23.4 Å². The third-order valence-electron chi connectivity index (χ3n) is 5.53. The van der Waals surface area contributed by atoms with E-state index in [0.29, 0.717) is 37.6 Å². The van der Waals surface area contributed by atoms with Crippen LogP contribution in [0.15, 0.2) is 35.3 Å². The van der Waals surface area contributed by atoms with Crippen LogP contribution in [0.4, 0.5) is 18.0 Å². The quantitative estimate of drug-likeness (QED) is 0.621. The van der Waals surface area contributed by atoms with Gasteiger partial charge in [0, 0.05) is 31.4 Å². The molecule has 1 fully saturated rings. The third-order valence-corrected chi connectivity index (χ3v) is 5.53. The number of alkyl halides is 3. The maximum absolute atomic E-state index is 12.7. The molecule has 2 aliphatic heterocycles. The minimum atomic E-state index is -4.83. The Hall–Kier alpha value is -3.41. The zero-order valence-electron chi connectivity index (χ0n) is 16.9. The van der Waals surface area contributed by atoms with Crippen LogP contribution in [0.1, 0.15) is 23.4 Å². The van der Waals surface area contributed by atoms with Gasteiger partial charge in [0.05, 0.1) is 24.5 Å². The van der Waals surface area contributed by atoms with Crippen molar-refractivity contribution in [2.45, 2.75) is 25.9 Å². The monoisotopic (exact) mass is 453 g/mol. The molecule has 3 N–H and O–H groups in total. The Morgan fingerprint density at radius 1 is 1.31 bits per heavy atom. The molecule has 1 aromatic heterocycles. The lowest BCUT2D eigenvalue weighted by Crippen LogP contribution is -2.39. The number of fused-ring (bicyclic) bond motifs is 1. The number of hydrazine groups is 1. The van der Waals surface area contributed by atoms with Crippen molar-refractivity contribution >= 4 is 12.2 Å². The Morgan fingerprint density at radius 3 is 2.81 bits per heavy atom. The van der Waals surface area contributed by atoms with E-state index in [4.69, 9.17) is 5.11 Å². The zero-order chi connectivity index (χ0) is 22.9. The number of imidazole rings is 1. The summed E-state index contributed by atoms with van der Waals surface area (Å²) < 4.78 is 43.7. The fourth-order valence-corrected chi connectivity index (χ4v) is 3.93. The van der Waals surface area contributed by atoms with Gasteiger partial charge in [-0.15, -0.1) is 13.2 Å². The van der Waals surface area contributed by atoms with Gasteiger partial charge in [0.1, 0.15) is 5.75 Å². The van der Waals surface area contributed by atoms with E-state index in [9.17, 15) is 22.8 Å². The molecule has 1 unspecified atom stereocenters. The molecular weight excluding hydrogens is 431 g/mol. The van der Waals surface area contributed by atoms with E-state index in [1.165, 1.54) is 27.7 Å². The summed E-state index contributed by atoms with van der Waals surface area (Å²) in [5.41, 5.74) is 4.22. The number of carboxylic acid groups (broad SMARTS) is 1. The second-order valence-corrected chi connectivity index (χ2v) is 7.72. The van der Waals surface area contributed by atoms with Gasteiger partial charge in [-0.25, -0.2) is 15.0 Å². The number of H-pyrrole nitrogens is 1. The highest BCUT2D eigenvalue weighted by molar-refractivity contribution is 5.65. The molecule has 1 atom stereocenters. The van der Waals surface area contributed by atoms with Crippen LogP contribution in [0.3, 0.4) is 0 Å². The first kappa shape index (κ1) is 21.8. The molecule has 0 bridgehead atoms. The Kier molecular flexibility index (Phi) is 5.87. The lowest BCUT2D eigenvalue weighted by atomic mass is 10.1. The van der Waals surface area contributed by atoms with Gasteiger partial charge in [-0.2, -0.15) is 0 Å². The van der Waals surface area contributed by atoms with E-state index >= 15 is 0 Å². The Morgan fingerprint density at radius 2 is 2.09 bits per heavy atom. The van der Waals surface area contributed by atoms with Gasteiger partial charge in [-0.1, -0.05) is 18.2 Å². The number of nitrogens with zero attached hydrogens (tertiary/aromatic N) is 3. The Bertz CT molecular complexity index is 1080. The summed E-state index contributed by atoms with van der Waals surface area (Å²) in [5.74, 6) is -0.187. The van der Waals surface area contributed by atoms with Crippen LogP contribution < -0.4 is 15.9 Å². The first-order chi connectivity index (χ1) is 15.2. The predicted molar refractivity (Wildman–Crippen MR) is 108 cm³/mol. The summed E-state index contributed by atoms with van der Waals surface area (Å²) >= 11 is 0. The molecule has 3 heterocycles. The number of para-hydroxylation sites is 1. The normalized spacial score (nSPS) is 18.2. The molecule has 2 aliphatic rings. The van der Waals surface area contributed by atoms with Crippen molar-refractivity contribution in [1.82, 2.24) is 24.9 Å². The molecular formula is C20H22F3N5O4. The second kappa shape index (κ2) is 8.61. The SMILES string of the molecule is O=C(O)N1CCC(CNN2C=Cc3[nH]c(=O)n(Cc4ccccc4OC(F)(F)F)c3C2)C1. The summed E-state index contributed by atoms with van der Waals surface area (Å²) in [6.45, 7) is 1.73. The van der Waals surface area contributed by atoms with Crippen LogP contribution in [-0.4, -0.2) is 56.7 Å². The topological polar surface area (TPSA) is 103 Å². The molecule has 1 aromatic carbocycles. The smallest absolute Gasteiger partial charge is 0.465 e. The number of nitrogens with one attached hydrogen (secondary N) is 2. The van der Waals surface area contributed by atoms with Gasteiger partial charge < -0.3 is 24.7 Å². The summed E-state index contributed by atoms with van der Waals surface area (Å²) in [6, 6.07) is 5.71. The fourth-order valence-electron chi connectivity index (χ4n) is 3.93. The van der Waals surface area contributed by atoms with Crippen LogP contribution in [0, 0.1) is 5.92 Å². The summed E-state index contributed by atoms with van der Waals surface area (Å²) in [6.07, 6.45) is -1.54. The number of likely N-dealkylation sites (tertiary alicyclic amines) is 1. The first-order valence-electron chi connectivity index (χ1n) is 10.0. The van der Waals surface area contributed by atoms with Crippen LogP contribution in [-0.2, 0) is 13.1 Å². The van der Waals surface area contributed by atoms with Crippen LogP contribution in [0.2, 0.25) is 0 Å². The Balaban J connectivity index is 1.45. The number of benzene rings is 1. The molecule has 172 valence electrons. The molecule has 4 rings (SSSR count). The molecule has 0 radical (unpaired) electrons. The highest BCUT2D eigenvalue weighted by Crippen LogP contribution is 2.27. The zero-order valence-corrected chi connectivity index (χ0v) is 16.9. The van der Waals surface area contributed by atoms with Crippen molar-refractivity contribution in [2.24, 2.45) is 5.92 Å². The Labute approximate surface area is 180 Å². The number of aromatic nitrogens is 2. The number of halogens is 3. The number of amides is 1. The maximum atomic E-state index is 12.7. The standard InChI is InChI=1S/C20H22F3N5O4/c21-20(22,23)32-17-4-2-1-3-14(17)11-28-16-12-27(8-6-15(16)25-18(28)29)24-9-13-5-7-26(10-13)19(30)31/h1-4,6,8,13,24H,5,7,9-12H2,(H,25,29)(H,30,31). The van der Waals surface area contributed by atoms with Gasteiger partial charge in [0.25, 0.3) is 0 Å². The molecule has 0 spiro atoms. The van der Waals surface area contributed by atoms with E-state index in [-0.39, 0.29) is 23.8 Å². The maximum Gasteiger partial charge on any atom is 0.573 e. The molecule has 2 aromatic rings. The number of hydrogen-bond donors (Lipinski definition) is 3. The number of ether oxygens (including phenoxy) is 1. The minimum absolute atomic E-state index is 0.0885. The van der Waals surface area contributed by atoms with Gasteiger partial charge in [-0.05, 0) is 24.5 Å². The van der Waals surface area contributed by atoms with Crippen LogP contribution in [0.5, 0.6) is 5.75 Å². The van der Waals surface area contributed by atoms with Gasteiger partial charge in [0.15, 0.2) is 0 Å². The van der Waals surface area contributed by atoms with Gasteiger partial charge in [-0.3, -0.25) is 4.57 Å². The van der Waals surface area contributed by atoms with Gasteiger partial charge >= 0.3 is 18.1 Å². The first-order valence-corrected chi connectivity index (χ1v) is 10.0. The van der Waals surface area contributed by atoms with Gasteiger partial charge in [0.2, 0.25) is 0 Å². The van der Waals surface area contributed by atoms with E-state index in [1.807, 2.05) is 0 Å². The predicted octanol–water partition coefficient (Wildman–Crippen LogP) is 2.41. The van der Waals surface area contributed by atoms with Crippen molar-refractivity contribution < 1.29 is 27.8 Å². The van der Waals surface area contributed by atoms with E-state index in [0.717, 1.165) is 6.42 Å². The summed E-state index contributed by atoms with van der Waals surface area (Å²) in [7, 11) is 0. The molecule has 1 saturated heterocycles. The molecule has 12 heteroatoms. The van der Waals surface area contributed by atoms with Crippen molar-refractivity contribution in [1.29, 1.82) is 0 Å². The largest absolute Gasteiger partial charge is 0.573 e. The highest BCUT2D eigenvalue weighted by atomic mass is 19.4. The average molecular weight is 453 g/mol. The third kappa shape index (κ3) is 4.90. The summed E-state index contributed by atoms with van der Waals surface area (Å²) in [4.78, 5) is 27.6. The van der Waals surface area contributed by atoms with E-state index < -0.39 is 18.1 Å². The van der Waals surface area contributed by atoms with Crippen molar-refractivity contribution in [3.63, 3.8) is 0 Å². The van der Waals surface area contributed by atoms with Crippen LogP contribution >= 0.6 is 0 Å². The number of hydrogen-bond acceptors (Lipinski definition) is 5. The molecule has 0 aliphatic carbocycles. The van der Waals surface area contributed by atoms with Crippen molar-refractivity contribution in [2.75, 3.05) is 19.6 Å². The fraction of sp³-hybridized carbons (Fsp3) is 0.400. The average Bonchev–Trinajstić information content (AvgIpc) is 3.32. The lowest BCUT2D eigenvalue weighted by molar-refractivity contribution is -0.274. The number of rotatable bonds is 6. The molecule has 32 heavy (non-hydrogen) atoms.